The SMILES string of the molecule is CC.Fc1ncc(-c2ccc(OC(F)F)cc2)cc1Nc1ccnc(N2CCC(C(F)(F)F)CC2)n1. The van der Waals surface area contributed by atoms with E-state index in [-0.39, 0.29) is 49.1 Å². The Morgan fingerprint density at radius 2 is 1.67 bits per heavy atom. The van der Waals surface area contributed by atoms with Crippen molar-refractivity contribution in [3.8, 4) is 16.9 Å². The van der Waals surface area contributed by atoms with Crippen LogP contribution in [0.3, 0.4) is 0 Å². The molecule has 1 N–H and O–H groups in total. The molecule has 36 heavy (non-hydrogen) atoms. The monoisotopic (exact) mass is 513 g/mol. The summed E-state index contributed by atoms with van der Waals surface area (Å²) in [6.07, 6.45) is -1.60. The topological polar surface area (TPSA) is 63.2 Å². The number of hydrogen-bond acceptors (Lipinski definition) is 6. The third-order valence-corrected chi connectivity index (χ3v) is 5.40. The van der Waals surface area contributed by atoms with Crippen molar-refractivity contribution in [2.24, 2.45) is 5.92 Å². The second-order valence-corrected chi connectivity index (χ2v) is 7.64. The van der Waals surface area contributed by atoms with Crippen molar-refractivity contribution in [1.29, 1.82) is 0 Å². The van der Waals surface area contributed by atoms with E-state index in [9.17, 15) is 26.3 Å². The molecule has 0 aliphatic carbocycles. The first-order valence-electron chi connectivity index (χ1n) is 11.3. The molecule has 0 atom stereocenters. The number of ether oxygens (including phenoxy) is 1. The molecular weight excluding hydrogens is 488 g/mol. The largest absolute Gasteiger partial charge is 0.435 e. The molecule has 1 aliphatic heterocycles. The summed E-state index contributed by atoms with van der Waals surface area (Å²) in [7, 11) is 0. The lowest BCUT2D eigenvalue weighted by molar-refractivity contribution is -0.179. The van der Waals surface area contributed by atoms with E-state index in [1.165, 1.54) is 48.8 Å². The number of benzene rings is 1. The second-order valence-electron chi connectivity index (χ2n) is 7.64. The molecule has 0 radical (unpaired) electrons. The summed E-state index contributed by atoms with van der Waals surface area (Å²) in [6.45, 7) is 1.37. The highest BCUT2D eigenvalue weighted by Crippen LogP contribution is 2.35. The lowest BCUT2D eigenvalue weighted by Crippen LogP contribution is -2.39. The number of rotatable bonds is 6. The highest BCUT2D eigenvalue weighted by atomic mass is 19.4. The summed E-state index contributed by atoms with van der Waals surface area (Å²) in [6, 6.07) is 8.75. The Morgan fingerprint density at radius 1 is 1.00 bits per heavy atom. The quantitative estimate of drug-likeness (QED) is 0.288. The molecule has 1 aromatic carbocycles. The van der Waals surface area contributed by atoms with E-state index >= 15 is 0 Å². The van der Waals surface area contributed by atoms with Gasteiger partial charge in [-0.2, -0.15) is 31.3 Å². The number of alkyl halides is 5. The van der Waals surface area contributed by atoms with Crippen LogP contribution in [0.2, 0.25) is 0 Å². The number of aromatic nitrogens is 3. The standard InChI is InChI=1S/C22H19F6N5O.C2H6/c23-19-17(11-14(12-30-19)13-1-3-16(4-2-13)34-20(24)25)31-18-5-8-29-21(32-18)33-9-6-15(7-10-33)22(26,27)28;1-2/h1-5,8,11-12,15,20H,6-7,9-10H2,(H,29,31,32);1-2H3. The fraction of sp³-hybridized carbons (Fsp3) is 0.375. The maximum atomic E-state index is 14.4. The smallest absolute Gasteiger partial charge is 0.391 e. The van der Waals surface area contributed by atoms with Gasteiger partial charge < -0.3 is 15.0 Å². The highest BCUT2D eigenvalue weighted by Gasteiger charge is 2.41. The van der Waals surface area contributed by atoms with Crippen LogP contribution in [0.25, 0.3) is 11.1 Å². The van der Waals surface area contributed by atoms with Crippen molar-refractivity contribution in [3.05, 3.63) is 54.7 Å². The van der Waals surface area contributed by atoms with Gasteiger partial charge in [-0.25, -0.2) is 9.97 Å². The van der Waals surface area contributed by atoms with Crippen molar-refractivity contribution in [2.75, 3.05) is 23.3 Å². The summed E-state index contributed by atoms with van der Waals surface area (Å²) >= 11 is 0. The molecule has 0 bridgehead atoms. The molecule has 3 heterocycles. The van der Waals surface area contributed by atoms with E-state index in [4.69, 9.17) is 0 Å². The Labute approximate surface area is 204 Å². The number of halogens is 6. The summed E-state index contributed by atoms with van der Waals surface area (Å²) < 4.78 is 82.0. The van der Waals surface area contributed by atoms with Gasteiger partial charge in [0.25, 0.3) is 0 Å². The van der Waals surface area contributed by atoms with Crippen LogP contribution in [0.1, 0.15) is 26.7 Å². The lowest BCUT2D eigenvalue weighted by atomic mass is 9.96. The van der Waals surface area contributed by atoms with Gasteiger partial charge in [0.1, 0.15) is 11.6 Å². The van der Waals surface area contributed by atoms with Gasteiger partial charge >= 0.3 is 12.8 Å². The van der Waals surface area contributed by atoms with Gasteiger partial charge in [0.15, 0.2) is 0 Å². The molecule has 3 aromatic rings. The fourth-order valence-corrected chi connectivity index (χ4v) is 3.64. The molecule has 1 aliphatic rings. The molecule has 1 saturated heterocycles. The molecule has 6 nitrogen and oxygen atoms in total. The van der Waals surface area contributed by atoms with Crippen LogP contribution >= 0.6 is 0 Å². The van der Waals surface area contributed by atoms with Gasteiger partial charge in [0.2, 0.25) is 11.9 Å². The van der Waals surface area contributed by atoms with Crippen LogP contribution in [0.5, 0.6) is 5.75 Å². The van der Waals surface area contributed by atoms with E-state index in [1.807, 2.05) is 13.8 Å². The average molecular weight is 513 g/mol. The van der Waals surface area contributed by atoms with Crippen molar-refractivity contribution >= 4 is 17.5 Å². The molecule has 12 heteroatoms. The van der Waals surface area contributed by atoms with Crippen LogP contribution in [0.15, 0.2) is 48.8 Å². The van der Waals surface area contributed by atoms with Crippen molar-refractivity contribution in [3.63, 3.8) is 0 Å². The Balaban J connectivity index is 0.00000176. The first-order chi connectivity index (χ1) is 17.2. The van der Waals surface area contributed by atoms with Crippen LogP contribution in [0, 0.1) is 11.9 Å². The van der Waals surface area contributed by atoms with E-state index in [2.05, 4.69) is 25.0 Å². The minimum atomic E-state index is -4.22. The van der Waals surface area contributed by atoms with Gasteiger partial charge in [-0.1, -0.05) is 26.0 Å². The Morgan fingerprint density at radius 3 is 2.28 bits per heavy atom. The van der Waals surface area contributed by atoms with Crippen molar-refractivity contribution in [1.82, 2.24) is 15.0 Å². The van der Waals surface area contributed by atoms with Gasteiger partial charge in [0.05, 0.1) is 11.6 Å². The molecule has 1 fully saturated rings. The maximum Gasteiger partial charge on any atom is 0.391 e. The predicted octanol–water partition coefficient (Wildman–Crippen LogP) is 6.83. The van der Waals surface area contributed by atoms with Crippen molar-refractivity contribution < 1.29 is 31.1 Å². The molecule has 194 valence electrons. The van der Waals surface area contributed by atoms with E-state index in [1.54, 1.807) is 4.90 Å². The van der Waals surface area contributed by atoms with Gasteiger partial charge in [-0.15, -0.1) is 0 Å². The normalized spacial score (nSPS) is 14.3. The van der Waals surface area contributed by atoms with Crippen LogP contribution in [0.4, 0.5) is 43.8 Å². The van der Waals surface area contributed by atoms with Crippen molar-refractivity contribution in [2.45, 2.75) is 39.5 Å². The highest BCUT2D eigenvalue weighted by molar-refractivity contribution is 5.69. The summed E-state index contributed by atoms with van der Waals surface area (Å²) in [4.78, 5) is 13.8. The molecule has 4 rings (SSSR count). The van der Waals surface area contributed by atoms with Crippen LogP contribution < -0.4 is 15.0 Å². The van der Waals surface area contributed by atoms with Gasteiger partial charge in [-0.3, -0.25) is 0 Å². The zero-order chi connectivity index (χ0) is 26.3. The van der Waals surface area contributed by atoms with E-state index in [0.717, 1.165) is 0 Å². The third-order valence-electron chi connectivity index (χ3n) is 5.40. The first kappa shape index (κ1) is 27.0. The number of hydrogen-bond donors (Lipinski definition) is 1. The van der Waals surface area contributed by atoms with Gasteiger partial charge in [-0.05, 0) is 42.7 Å². The Kier molecular flexibility index (Phi) is 8.94. The minimum absolute atomic E-state index is 0.00540. The first-order valence-corrected chi connectivity index (χ1v) is 11.3. The Hall–Kier alpha value is -3.57. The predicted molar refractivity (Wildman–Crippen MR) is 124 cm³/mol. The van der Waals surface area contributed by atoms with E-state index < -0.39 is 24.7 Å². The molecule has 0 amide bonds. The average Bonchev–Trinajstić information content (AvgIpc) is 2.86. The zero-order valence-electron chi connectivity index (χ0n) is 19.6. The molecule has 0 saturated carbocycles. The minimum Gasteiger partial charge on any atom is -0.435 e. The van der Waals surface area contributed by atoms with Crippen LogP contribution in [-0.4, -0.2) is 40.8 Å². The number of nitrogens with one attached hydrogen (secondary N) is 1. The summed E-state index contributed by atoms with van der Waals surface area (Å²) in [5.41, 5.74) is 1.11. The zero-order valence-corrected chi connectivity index (χ0v) is 19.6. The number of nitrogens with zero attached hydrogens (tertiary/aromatic N) is 4. The second kappa shape index (κ2) is 11.9. The number of pyridine rings is 1. The third kappa shape index (κ3) is 6.98. The maximum absolute atomic E-state index is 14.4. The summed E-state index contributed by atoms with van der Waals surface area (Å²) in [5, 5.41) is 2.81. The lowest BCUT2D eigenvalue weighted by Gasteiger charge is -2.32. The molecule has 0 spiro atoms. The molecule has 2 aromatic heterocycles. The molecular formula is C24H25F6N5O. The number of piperidine rings is 1. The molecule has 0 unspecified atom stereocenters. The number of anilines is 3. The van der Waals surface area contributed by atoms with Crippen LogP contribution in [-0.2, 0) is 0 Å². The Bertz CT molecular complexity index is 1120. The fourth-order valence-electron chi connectivity index (χ4n) is 3.64. The summed E-state index contributed by atoms with van der Waals surface area (Å²) in [5.74, 6) is -1.68. The van der Waals surface area contributed by atoms with E-state index in [0.29, 0.717) is 11.1 Å². The van der Waals surface area contributed by atoms with Gasteiger partial charge in [0, 0.05) is 31.0 Å².